The Balaban J connectivity index is 2.59. The van der Waals surface area contributed by atoms with Gasteiger partial charge in [-0.3, -0.25) is 0 Å². The van der Waals surface area contributed by atoms with E-state index in [9.17, 15) is 4.79 Å². The highest BCUT2D eigenvalue weighted by molar-refractivity contribution is 5.72. The average molecular weight is 178 g/mol. The number of carboxylic acids is 1. The van der Waals surface area contributed by atoms with Crippen LogP contribution in [0, 0.1) is 0 Å². The summed E-state index contributed by atoms with van der Waals surface area (Å²) in [6, 6.07) is 0. The Bertz CT molecular complexity index is 169. The monoisotopic (exact) mass is 178 g/mol. The minimum atomic E-state index is -1.63. The smallest absolute Gasteiger partial charge is 0.333 e. The molecule has 1 fully saturated rings. The molecule has 12 heavy (non-hydrogen) atoms. The Morgan fingerprint density at radius 2 is 1.92 bits per heavy atom. The van der Waals surface area contributed by atoms with Crippen molar-refractivity contribution < 1.29 is 30.0 Å². The molecule has 1 aliphatic rings. The van der Waals surface area contributed by atoms with Gasteiger partial charge in [-0.15, -0.1) is 0 Å². The summed E-state index contributed by atoms with van der Waals surface area (Å²) in [5, 5.41) is 35.2. The second kappa shape index (κ2) is 3.36. The van der Waals surface area contributed by atoms with E-state index in [-0.39, 0.29) is 6.42 Å². The third-order valence-corrected chi connectivity index (χ3v) is 1.72. The number of ether oxygens (including phenoxy) is 1. The minimum absolute atomic E-state index is 0.215. The zero-order valence-corrected chi connectivity index (χ0v) is 6.12. The number of carboxylic acid groups (broad SMARTS) is 1. The van der Waals surface area contributed by atoms with Crippen LogP contribution in [0.15, 0.2) is 0 Å². The molecule has 1 saturated heterocycles. The number of aliphatic hydroxyl groups is 3. The van der Waals surface area contributed by atoms with E-state index in [1.165, 1.54) is 0 Å². The highest BCUT2D eigenvalue weighted by Crippen LogP contribution is 2.18. The Kier molecular flexibility index (Phi) is 2.63. The quantitative estimate of drug-likeness (QED) is 0.366. The summed E-state index contributed by atoms with van der Waals surface area (Å²) in [5.41, 5.74) is 0. The average Bonchev–Trinajstić information content (AvgIpc) is 1.99. The Morgan fingerprint density at radius 3 is 2.33 bits per heavy atom. The highest BCUT2D eigenvalue weighted by atomic mass is 16.6. The van der Waals surface area contributed by atoms with Gasteiger partial charge in [-0.1, -0.05) is 0 Å². The third-order valence-electron chi connectivity index (χ3n) is 1.72. The molecule has 1 unspecified atom stereocenters. The van der Waals surface area contributed by atoms with Crippen molar-refractivity contribution >= 4 is 5.97 Å². The molecule has 6 nitrogen and oxygen atoms in total. The van der Waals surface area contributed by atoms with Gasteiger partial charge in [0.25, 0.3) is 0 Å². The SMILES string of the molecule is O=C(O)C1C[C@H](O)[C@@H](O)[C@@H](O)O1. The first-order chi connectivity index (χ1) is 5.52. The standard InChI is InChI=1S/C6H10O6/c7-2-1-3(5(9)10)12-6(11)4(2)8/h2-4,6-8,11H,1H2,(H,9,10)/t2-,3?,4+,6-/m0/s1. The molecule has 1 heterocycles. The van der Waals surface area contributed by atoms with Crippen molar-refractivity contribution in [3.63, 3.8) is 0 Å². The lowest BCUT2D eigenvalue weighted by Crippen LogP contribution is -2.50. The molecule has 0 radical (unpaired) electrons. The fourth-order valence-electron chi connectivity index (χ4n) is 1.01. The van der Waals surface area contributed by atoms with Gasteiger partial charge in [-0.25, -0.2) is 4.79 Å². The van der Waals surface area contributed by atoms with Crippen LogP contribution in [0.4, 0.5) is 0 Å². The van der Waals surface area contributed by atoms with E-state index in [0.29, 0.717) is 0 Å². The number of aliphatic hydroxyl groups excluding tert-OH is 3. The molecule has 0 spiro atoms. The van der Waals surface area contributed by atoms with Crippen LogP contribution in [0.25, 0.3) is 0 Å². The van der Waals surface area contributed by atoms with Gasteiger partial charge >= 0.3 is 5.97 Å². The summed E-state index contributed by atoms with van der Waals surface area (Å²) in [6.07, 6.45) is -5.78. The van der Waals surface area contributed by atoms with E-state index in [0.717, 1.165) is 0 Å². The van der Waals surface area contributed by atoms with Crippen molar-refractivity contribution in [3.8, 4) is 0 Å². The highest BCUT2D eigenvalue weighted by Gasteiger charge is 2.38. The lowest BCUT2D eigenvalue weighted by molar-refractivity contribution is -0.248. The molecular weight excluding hydrogens is 168 g/mol. The van der Waals surface area contributed by atoms with Crippen LogP contribution >= 0.6 is 0 Å². The van der Waals surface area contributed by atoms with E-state index in [2.05, 4.69) is 4.74 Å². The molecule has 70 valence electrons. The first kappa shape index (κ1) is 9.40. The molecule has 1 aliphatic heterocycles. The number of hydrogen-bond acceptors (Lipinski definition) is 5. The van der Waals surface area contributed by atoms with E-state index in [1.54, 1.807) is 0 Å². The molecule has 0 saturated carbocycles. The lowest BCUT2D eigenvalue weighted by Gasteiger charge is -2.32. The summed E-state index contributed by atoms with van der Waals surface area (Å²) < 4.78 is 4.48. The number of carbonyl (C=O) groups is 1. The van der Waals surface area contributed by atoms with Crippen LogP contribution in [-0.4, -0.2) is 51.0 Å². The summed E-state index contributed by atoms with van der Waals surface area (Å²) >= 11 is 0. The topological polar surface area (TPSA) is 107 Å². The Morgan fingerprint density at radius 1 is 1.33 bits per heavy atom. The van der Waals surface area contributed by atoms with Crippen LogP contribution < -0.4 is 0 Å². The van der Waals surface area contributed by atoms with Crippen molar-refractivity contribution in [2.24, 2.45) is 0 Å². The first-order valence-electron chi connectivity index (χ1n) is 3.45. The zero-order valence-electron chi connectivity index (χ0n) is 6.12. The molecular formula is C6H10O6. The fraction of sp³-hybridized carbons (Fsp3) is 0.833. The van der Waals surface area contributed by atoms with E-state index in [1.807, 2.05) is 0 Å². The van der Waals surface area contributed by atoms with Gasteiger partial charge in [0.1, 0.15) is 6.10 Å². The molecule has 1 rings (SSSR count). The van der Waals surface area contributed by atoms with Gasteiger partial charge in [-0.05, 0) is 0 Å². The molecule has 4 atom stereocenters. The third kappa shape index (κ3) is 1.72. The maximum atomic E-state index is 10.3. The van der Waals surface area contributed by atoms with Gasteiger partial charge < -0.3 is 25.2 Å². The summed E-state index contributed by atoms with van der Waals surface area (Å²) in [7, 11) is 0. The van der Waals surface area contributed by atoms with Crippen molar-refractivity contribution in [2.75, 3.05) is 0 Å². The maximum Gasteiger partial charge on any atom is 0.333 e. The molecule has 0 bridgehead atoms. The predicted octanol–water partition coefficient (Wildman–Crippen LogP) is -2.10. The number of aliphatic carboxylic acids is 1. The maximum absolute atomic E-state index is 10.3. The largest absolute Gasteiger partial charge is 0.479 e. The molecule has 0 aliphatic carbocycles. The van der Waals surface area contributed by atoms with Crippen molar-refractivity contribution in [1.29, 1.82) is 0 Å². The van der Waals surface area contributed by atoms with Crippen LogP contribution in [0.5, 0.6) is 0 Å². The Hall–Kier alpha value is -0.690. The van der Waals surface area contributed by atoms with Crippen molar-refractivity contribution in [1.82, 2.24) is 0 Å². The van der Waals surface area contributed by atoms with Crippen LogP contribution in [0.2, 0.25) is 0 Å². The van der Waals surface area contributed by atoms with E-state index in [4.69, 9.17) is 20.4 Å². The van der Waals surface area contributed by atoms with Gasteiger partial charge in [0.15, 0.2) is 12.4 Å². The molecule has 0 aromatic heterocycles. The predicted molar refractivity (Wildman–Crippen MR) is 35.1 cm³/mol. The van der Waals surface area contributed by atoms with Crippen molar-refractivity contribution in [3.05, 3.63) is 0 Å². The summed E-state index contributed by atoms with van der Waals surface area (Å²) in [5.74, 6) is -1.26. The number of rotatable bonds is 1. The van der Waals surface area contributed by atoms with Crippen LogP contribution in [-0.2, 0) is 9.53 Å². The first-order valence-corrected chi connectivity index (χ1v) is 3.45. The van der Waals surface area contributed by atoms with E-state index < -0.39 is 30.6 Å². The lowest BCUT2D eigenvalue weighted by atomic mass is 10.0. The molecule has 0 aromatic rings. The number of hydrogen-bond donors (Lipinski definition) is 4. The Labute approximate surface area is 68.0 Å². The summed E-state index contributed by atoms with van der Waals surface area (Å²) in [4.78, 5) is 10.3. The van der Waals surface area contributed by atoms with Gasteiger partial charge in [0, 0.05) is 6.42 Å². The second-order valence-electron chi connectivity index (χ2n) is 2.65. The van der Waals surface area contributed by atoms with Gasteiger partial charge in [-0.2, -0.15) is 0 Å². The molecule has 0 aromatic carbocycles. The van der Waals surface area contributed by atoms with Crippen LogP contribution in [0.3, 0.4) is 0 Å². The van der Waals surface area contributed by atoms with Gasteiger partial charge in [0.2, 0.25) is 0 Å². The molecule has 6 heteroatoms. The minimum Gasteiger partial charge on any atom is -0.479 e. The second-order valence-corrected chi connectivity index (χ2v) is 2.65. The summed E-state index contributed by atoms with van der Waals surface area (Å²) in [6.45, 7) is 0. The normalized spacial score (nSPS) is 42.6. The van der Waals surface area contributed by atoms with Crippen LogP contribution in [0.1, 0.15) is 6.42 Å². The fourth-order valence-corrected chi connectivity index (χ4v) is 1.01. The molecule has 4 N–H and O–H groups in total. The zero-order chi connectivity index (χ0) is 9.30. The van der Waals surface area contributed by atoms with E-state index >= 15 is 0 Å². The molecule has 0 amide bonds. The van der Waals surface area contributed by atoms with Crippen molar-refractivity contribution in [2.45, 2.75) is 31.0 Å². The van der Waals surface area contributed by atoms with Gasteiger partial charge in [0.05, 0.1) is 6.10 Å².